The van der Waals surface area contributed by atoms with Crippen LogP contribution in [-0.4, -0.2) is 24.2 Å². The Morgan fingerprint density at radius 2 is 1.67 bits per heavy atom. The molecule has 0 spiro atoms. The maximum Gasteiger partial charge on any atom is 0.495 e. The number of anilines is 1. The third kappa shape index (κ3) is 3.76. The van der Waals surface area contributed by atoms with Crippen LogP contribution in [0.4, 0.5) is 14.5 Å². The molecule has 1 aliphatic heterocycles. The number of rotatable bonds is 4. The number of amides is 1. The van der Waals surface area contributed by atoms with Crippen molar-refractivity contribution in [2.24, 2.45) is 0 Å². The highest BCUT2D eigenvalue weighted by Crippen LogP contribution is 2.40. The lowest BCUT2D eigenvalue weighted by molar-refractivity contribution is 0.00578. The van der Waals surface area contributed by atoms with Gasteiger partial charge in [0.05, 0.1) is 22.5 Å². The molecule has 2 aromatic rings. The standard InChI is InChI=1S/C23H26BF2NO3/c1-13-10-20(19(26)12-17(13)24-29-22(2,3)23(4,5)30-24)27-21(28)16-9-8-15(11-18(16)25)14-6-7-14/h8-12,14H,6-7H2,1-5H3,(H,27,28). The molecule has 1 heterocycles. The van der Waals surface area contributed by atoms with Gasteiger partial charge in [-0.1, -0.05) is 6.07 Å². The van der Waals surface area contributed by atoms with E-state index in [9.17, 15) is 13.6 Å². The molecule has 0 unspecified atom stereocenters. The van der Waals surface area contributed by atoms with Crippen LogP contribution in [-0.2, 0) is 9.31 Å². The van der Waals surface area contributed by atoms with Crippen LogP contribution in [0.25, 0.3) is 0 Å². The third-order valence-corrected chi connectivity index (χ3v) is 6.40. The van der Waals surface area contributed by atoms with Crippen molar-refractivity contribution < 1.29 is 22.9 Å². The fraction of sp³-hybridized carbons (Fsp3) is 0.435. The van der Waals surface area contributed by atoms with Crippen molar-refractivity contribution in [1.29, 1.82) is 0 Å². The van der Waals surface area contributed by atoms with E-state index in [0.717, 1.165) is 18.4 Å². The second-order valence-electron chi connectivity index (χ2n) is 9.24. The van der Waals surface area contributed by atoms with Gasteiger partial charge in [0.2, 0.25) is 0 Å². The molecule has 0 radical (unpaired) electrons. The fourth-order valence-electron chi connectivity index (χ4n) is 3.59. The van der Waals surface area contributed by atoms with Crippen molar-refractivity contribution >= 4 is 24.2 Å². The Bertz CT molecular complexity index is 1000. The van der Waals surface area contributed by atoms with Crippen molar-refractivity contribution in [2.45, 2.75) is 64.6 Å². The summed E-state index contributed by atoms with van der Waals surface area (Å²) in [5.41, 5.74) is 0.960. The zero-order valence-corrected chi connectivity index (χ0v) is 17.9. The summed E-state index contributed by atoms with van der Waals surface area (Å²) in [4.78, 5) is 12.5. The summed E-state index contributed by atoms with van der Waals surface area (Å²) < 4.78 is 41.2. The van der Waals surface area contributed by atoms with Crippen molar-refractivity contribution in [2.75, 3.05) is 5.32 Å². The van der Waals surface area contributed by atoms with E-state index < -0.39 is 35.9 Å². The van der Waals surface area contributed by atoms with E-state index in [1.165, 1.54) is 24.3 Å². The van der Waals surface area contributed by atoms with Gasteiger partial charge in [-0.25, -0.2) is 8.78 Å². The van der Waals surface area contributed by atoms with E-state index in [2.05, 4.69) is 5.32 Å². The van der Waals surface area contributed by atoms with E-state index in [0.29, 0.717) is 16.9 Å². The molecular formula is C23H26BF2NO3. The van der Waals surface area contributed by atoms with Gasteiger partial charge in [-0.15, -0.1) is 0 Å². The highest BCUT2D eigenvalue weighted by atomic mass is 19.1. The number of hydrogen-bond acceptors (Lipinski definition) is 3. The van der Waals surface area contributed by atoms with Crippen LogP contribution in [0, 0.1) is 18.6 Å². The minimum absolute atomic E-state index is 0.0107. The SMILES string of the molecule is Cc1cc(NC(=O)c2ccc(C3CC3)cc2F)c(F)cc1B1OC(C)(C)C(C)(C)O1. The van der Waals surface area contributed by atoms with Crippen LogP contribution in [0.5, 0.6) is 0 Å². The Hall–Kier alpha value is -2.25. The van der Waals surface area contributed by atoms with Crippen molar-refractivity contribution in [3.63, 3.8) is 0 Å². The van der Waals surface area contributed by atoms with Gasteiger partial charge in [-0.3, -0.25) is 4.79 Å². The summed E-state index contributed by atoms with van der Waals surface area (Å²) in [6.07, 6.45) is 2.09. The Balaban J connectivity index is 1.55. The predicted molar refractivity (Wildman–Crippen MR) is 113 cm³/mol. The molecule has 2 fully saturated rings. The van der Waals surface area contributed by atoms with E-state index in [4.69, 9.17) is 9.31 Å². The maximum atomic E-state index is 14.8. The molecule has 0 aromatic heterocycles. The Morgan fingerprint density at radius 1 is 1.03 bits per heavy atom. The molecular weight excluding hydrogens is 387 g/mol. The molecule has 1 aliphatic carbocycles. The van der Waals surface area contributed by atoms with Gasteiger partial charge in [0.15, 0.2) is 0 Å². The zero-order chi connectivity index (χ0) is 21.8. The first kappa shape index (κ1) is 21.0. The Kier molecular flexibility index (Phi) is 5.02. The predicted octanol–water partition coefficient (Wildman–Crippen LogP) is 4.70. The molecule has 2 aliphatic rings. The summed E-state index contributed by atoms with van der Waals surface area (Å²) in [5, 5.41) is 2.49. The van der Waals surface area contributed by atoms with Gasteiger partial charge >= 0.3 is 7.12 Å². The quantitative estimate of drug-likeness (QED) is 0.740. The van der Waals surface area contributed by atoms with Crippen LogP contribution in [0.1, 0.15) is 67.9 Å². The summed E-state index contributed by atoms with van der Waals surface area (Å²) in [6.45, 7) is 9.50. The lowest BCUT2D eigenvalue weighted by Gasteiger charge is -2.32. The molecule has 1 saturated heterocycles. The van der Waals surface area contributed by atoms with E-state index in [1.54, 1.807) is 13.0 Å². The number of carbonyl (C=O) groups excluding carboxylic acids is 1. The number of aryl methyl sites for hydroxylation is 1. The first-order valence-corrected chi connectivity index (χ1v) is 10.2. The molecule has 7 heteroatoms. The lowest BCUT2D eigenvalue weighted by atomic mass is 9.76. The van der Waals surface area contributed by atoms with Crippen molar-refractivity contribution in [1.82, 2.24) is 0 Å². The van der Waals surface area contributed by atoms with Gasteiger partial charge in [0.1, 0.15) is 11.6 Å². The van der Waals surface area contributed by atoms with Gasteiger partial charge < -0.3 is 14.6 Å². The zero-order valence-electron chi connectivity index (χ0n) is 17.9. The minimum atomic E-state index is -0.707. The summed E-state index contributed by atoms with van der Waals surface area (Å²) >= 11 is 0. The largest absolute Gasteiger partial charge is 0.495 e. The molecule has 1 saturated carbocycles. The number of nitrogens with one attached hydrogen (secondary N) is 1. The van der Waals surface area contributed by atoms with Crippen molar-refractivity contribution in [3.8, 4) is 0 Å². The second-order valence-corrected chi connectivity index (χ2v) is 9.24. The maximum absolute atomic E-state index is 14.8. The van der Waals surface area contributed by atoms with Gasteiger partial charge in [-0.05, 0) is 94.2 Å². The monoisotopic (exact) mass is 413 g/mol. The van der Waals surface area contributed by atoms with Gasteiger partial charge in [-0.2, -0.15) is 0 Å². The van der Waals surface area contributed by atoms with Gasteiger partial charge in [0.25, 0.3) is 5.91 Å². The summed E-state index contributed by atoms with van der Waals surface area (Å²) in [6, 6.07) is 7.44. The van der Waals surface area contributed by atoms with Crippen LogP contribution >= 0.6 is 0 Å². The average Bonchev–Trinajstić information content (AvgIpc) is 3.45. The average molecular weight is 413 g/mol. The Morgan fingerprint density at radius 3 is 2.23 bits per heavy atom. The first-order valence-electron chi connectivity index (χ1n) is 10.2. The van der Waals surface area contributed by atoms with E-state index in [1.807, 2.05) is 27.7 Å². The summed E-state index contributed by atoms with van der Waals surface area (Å²) in [7, 11) is -0.707. The smallest absolute Gasteiger partial charge is 0.399 e. The number of halogens is 2. The number of hydrogen-bond donors (Lipinski definition) is 1. The molecule has 4 nitrogen and oxygen atoms in total. The van der Waals surface area contributed by atoms with Crippen LogP contribution in [0.2, 0.25) is 0 Å². The second kappa shape index (κ2) is 7.17. The highest BCUT2D eigenvalue weighted by Gasteiger charge is 2.52. The number of carbonyl (C=O) groups is 1. The fourth-order valence-corrected chi connectivity index (χ4v) is 3.59. The molecule has 158 valence electrons. The van der Waals surface area contributed by atoms with Crippen LogP contribution in [0.3, 0.4) is 0 Å². The van der Waals surface area contributed by atoms with Crippen LogP contribution < -0.4 is 10.8 Å². The first-order chi connectivity index (χ1) is 14.0. The lowest BCUT2D eigenvalue weighted by Crippen LogP contribution is -2.41. The van der Waals surface area contributed by atoms with E-state index >= 15 is 0 Å². The van der Waals surface area contributed by atoms with Crippen LogP contribution in [0.15, 0.2) is 30.3 Å². The molecule has 1 N–H and O–H groups in total. The molecule has 0 atom stereocenters. The normalized spacial score (nSPS) is 19.8. The highest BCUT2D eigenvalue weighted by molar-refractivity contribution is 6.62. The molecule has 2 aromatic carbocycles. The number of benzene rings is 2. The van der Waals surface area contributed by atoms with Gasteiger partial charge in [0, 0.05) is 0 Å². The minimum Gasteiger partial charge on any atom is -0.399 e. The Labute approximate surface area is 176 Å². The third-order valence-electron chi connectivity index (χ3n) is 6.40. The summed E-state index contributed by atoms with van der Waals surface area (Å²) in [5.74, 6) is -1.52. The molecule has 4 rings (SSSR count). The van der Waals surface area contributed by atoms with Crippen molar-refractivity contribution in [3.05, 3.63) is 58.7 Å². The van der Waals surface area contributed by atoms with E-state index in [-0.39, 0.29) is 11.3 Å². The topological polar surface area (TPSA) is 47.6 Å². The molecule has 30 heavy (non-hydrogen) atoms. The molecule has 1 amide bonds. The molecule has 0 bridgehead atoms.